The lowest BCUT2D eigenvalue weighted by atomic mass is 10.0. The van der Waals surface area contributed by atoms with Crippen molar-refractivity contribution in [2.75, 3.05) is 4.90 Å². The van der Waals surface area contributed by atoms with Gasteiger partial charge in [-0.25, -0.2) is 9.69 Å². The molecule has 3 rings (SSSR count). The highest BCUT2D eigenvalue weighted by Crippen LogP contribution is 2.34. The van der Waals surface area contributed by atoms with Crippen molar-refractivity contribution in [3.05, 3.63) is 84.9 Å². The summed E-state index contributed by atoms with van der Waals surface area (Å²) in [5.74, 6) is 0. The molecule has 0 saturated carbocycles. The van der Waals surface area contributed by atoms with Gasteiger partial charge in [-0.2, -0.15) is 0 Å². The average Bonchev–Trinajstić information content (AvgIpc) is 2.57. The SMILES string of the molecule is O=C(O)N(c1ccccc1)c1ccccc1-c1ccccc1. The Kier molecular flexibility index (Phi) is 3.88. The first kappa shape index (κ1) is 13.9. The lowest BCUT2D eigenvalue weighted by Gasteiger charge is -2.22. The van der Waals surface area contributed by atoms with Crippen molar-refractivity contribution in [1.29, 1.82) is 0 Å². The molecule has 0 unspecified atom stereocenters. The normalized spacial score (nSPS) is 10.2. The van der Waals surface area contributed by atoms with E-state index in [9.17, 15) is 9.90 Å². The fourth-order valence-electron chi connectivity index (χ4n) is 2.46. The highest BCUT2D eigenvalue weighted by atomic mass is 16.4. The Balaban J connectivity index is 2.16. The molecule has 0 atom stereocenters. The summed E-state index contributed by atoms with van der Waals surface area (Å²) in [4.78, 5) is 13.1. The fourth-order valence-corrected chi connectivity index (χ4v) is 2.46. The first-order valence-corrected chi connectivity index (χ1v) is 7.00. The van der Waals surface area contributed by atoms with E-state index in [4.69, 9.17) is 0 Å². The second kappa shape index (κ2) is 6.14. The molecule has 0 spiro atoms. The fraction of sp³-hybridized carbons (Fsp3) is 0. The molecule has 0 aromatic heterocycles. The van der Waals surface area contributed by atoms with Gasteiger partial charge < -0.3 is 5.11 Å². The number of hydrogen-bond acceptors (Lipinski definition) is 1. The quantitative estimate of drug-likeness (QED) is 0.722. The van der Waals surface area contributed by atoms with Gasteiger partial charge in [0, 0.05) is 5.56 Å². The molecule has 0 saturated heterocycles. The number of anilines is 2. The van der Waals surface area contributed by atoms with Crippen LogP contribution in [0.25, 0.3) is 11.1 Å². The second-order valence-electron chi connectivity index (χ2n) is 4.84. The number of para-hydroxylation sites is 2. The second-order valence-corrected chi connectivity index (χ2v) is 4.84. The third kappa shape index (κ3) is 2.69. The zero-order chi connectivity index (χ0) is 15.4. The number of rotatable bonds is 3. The molecule has 0 bridgehead atoms. The van der Waals surface area contributed by atoms with Crippen molar-refractivity contribution in [3.8, 4) is 11.1 Å². The van der Waals surface area contributed by atoms with Gasteiger partial charge in [-0.15, -0.1) is 0 Å². The van der Waals surface area contributed by atoms with Gasteiger partial charge in [0.2, 0.25) is 0 Å². The summed E-state index contributed by atoms with van der Waals surface area (Å²) in [6.07, 6.45) is -1.01. The molecular formula is C19H15NO2. The third-order valence-electron chi connectivity index (χ3n) is 3.44. The van der Waals surface area contributed by atoms with Gasteiger partial charge in [0.15, 0.2) is 0 Å². The summed E-state index contributed by atoms with van der Waals surface area (Å²) < 4.78 is 0. The zero-order valence-electron chi connectivity index (χ0n) is 11.9. The van der Waals surface area contributed by atoms with Crippen LogP contribution in [-0.2, 0) is 0 Å². The van der Waals surface area contributed by atoms with Crippen LogP contribution in [-0.4, -0.2) is 11.2 Å². The Morgan fingerprint density at radius 3 is 1.91 bits per heavy atom. The van der Waals surface area contributed by atoms with Crippen molar-refractivity contribution in [1.82, 2.24) is 0 Å². The molecule has 0 aliphatic carbocycles. The van der Waals surface area contributed by atoms with Crippen molar-refractivity contribution in [3.63, 3.8) is 0 Å². The summed E-state index contributed by atoms with van der Waals surface area (Å²) in [5.41, 5.74) is 3.14. The minimum Gasteiger partial charge on any atom is -0.464 e. The van der Waals surface area contributed by atoms with E-state index in [1.54, 1.807) is 12.1 Å². The van der Waals surface area contributed by atoms with Gasteiger partial charge in [-0.05, 0) is 23.8 Å². The Bertz CT molecular complexity index is 770. The lowest BCUT2D eigenvalue weighted by Crippen LogP contribution is -2.24. The first-order chi connectivity index (χ1) is 10.8. The van der Waals surface area contributed by atoms with E-state index >= 15 is 0 Å². The predicted octanol–water partition coefficient (Wildman–Crippen LogP) is 5.17. The van der Waals surface area contributed by atoms with Gasteiger partial charge >= 0.3 is 6.09 Å². The maximum Gasteiger partial charge on any atom is 0.416 e. The largest absolute Gasteiger partial charge is 0.464 e. The van der Waals surface area contributed by atoms with E-state index in [1.807, 2.05) is 72.8 Å². The van der Waals surface area contributed by atoms with Gasteiger partial charge in [0.1, 0.15) is 0 Å². The molecule has 0 heterocycles. The standard InChI is InChI=1S/C19H15NO2/c21-19(22)20(16-11-5-2-6-12-16)18-14-8-7-13-17(18)15-9-3-1-4-10-15/h1-14H,(H,21,22). The number of amides is 1. The smallest absolute Gasteiger partial charge is 0.416 e. The number of nitrogens with zero attached hydrogens (tertiary/aromatic N) is 1. The minimum absolute atomic E-state index is 0.624. The minimum atomic E-state index is -1.01. The molecule has 0 aliphatic rings. The maximum absolute atomic E-state index is 11.8. The Morgan fingerprint density at radius 2 is 1.27 bits per heavy atom. The summed E-state index contributed by atoms with van der Waals surface area (Å²) in [6.45, 7) is 0. The molecule has 22 heavy (non-hydrogen) atoms. The third-order valence-corrected chi connectivity index (χ3v) is 3.44. The highest BCUT2D eigenvalue weighted by molar-refractivity contribution is 5.99. The number of carbonyl (C=O) groups is 1. The van der Waals surface area contributed by atoms with E-state index in [0.717, 1.165) is 11.1 Å². The van der Waals surface area contributed by atoms with Crippen molar-refractivity contribution < 1.29 is 9.90 Å². The summed E-state index contributed by atoms with van der Waals surface area (Å²) in [5, 5.41) is 9.68. The molecule has 3 heteroatoms. The van der Waals surface area contributed by atoms with E-state index in [1.165, 1.54) is 4.90 Å². The molecule has 1 N–H and O–H groups in total. The predicted molar refractivity (Wildman–Crippen MR) is 88.5 cm³/mol. The zero-order valence-corrected chi connectivity index (χ0v) is 11.9. The first-order valence-electron chi connectivity index (χ1n) is 7.00. The lowest BCUT2D eigenvalue weighted by molar-refractivity contribution is 0.205. The number of benzene rings is 3. The average molecular weight is 289 g/mol. The van der Waals surface area contributed by atoms with Gasteiger partial charge in [0.05, 0.1) is 11.4 Å². The number of carboxylic acid groups (broad SMARTS) is 1. The highest BCUT2D eigenvalue weighted by Gasteiger charge is 2.19. The summed E-state index contributed by atoms with van der Waals surface area (Å²) in [6, 6.07) is 26.4. The summed E-state index contributed by atoms with van der Waals surface area (Å²) in [7, 11) is 0. The van der Waals surface area contributed by atoms with E-state index in [2.05, 4.69) is 0 Å². The van der Waals surface area contributed by atoms with E-state index < -0.39 is 6.09 Å². The molecule has 0 radical (unpaired) electrons. The molecule has 0 fully saturated rings. The van der Waals surface area contributed by atoms with Gasteiger partial charge in [-0.3, -0.25) is 0 Å². The van der Waals surface area contributed by atoms with Crippen LogP contribution in [0.1, 0.15) is 0 Å². The van der Waals surface area contributed by atoms with Crippen molar-refractivity contribution in [2.45, 2.75) is 0 Å². The monoisotopic (exact) mass is 289 g/mol. The van der Waals surface area contributed by atoms with Crippen LogP contribution in [0, 0.1) is 0 Å². The molecule has 0 aliphatic heterocycles. The van der Waals surface area contributed by atoms with Crippen LogP contribution in [0.2, 0.25) is 0 Å². The van der Waals surface area contributed by atoms with Crippen molar-refractivity contribution >= 4 is 17.5 Å². The van der Waals surface area contributed by atoms with Gasteiger partial charge in [-0.1, -0.05) is 66.7 Å². The molecule has 3 nitrogen and oxygen atoms in total. The van der Waals surface area contributed by atoms with Crippen LogP contribution in [0.15, 0.2) is 84.9 Å². The molecule has 108 valence electrons. The number of hydrogen-bond donors (Lipinski definition) is 1. The van der Waals surface area contributed by atoms with Crippen LogP contribution in [0.4, 0.5) is 16.2 Å². The van der Waals surface area contributed by atoms with E-state index in [0.29, 0.717) is 11.4 Å². The van der Waals surface area contributed by atoms with Gasteiger partial charge in [0.25, 0.3) is 0 Å². The Hall–Kier alpha value is -3.07. The van der Waals surface area contributed by atoms with E-state index in [-0.39, 0.29) is 0 Å². The van der Waals surface area contributed by atoms with Crippen LogP contribution in [0.5, 0.6) is 0 Å². The van der Waals surface area contributed by atoms with Crippen LogP contribution >= 0.6 is 0 Å². The molecule has 3 aromatic rings. The molecular weight excluding hydrogens is 274 g/mol. The molecule has 1 amide bonds. The summed E-state index contributed by atoms with van der Waals surface area (Å²) >= 11 is 0. The Labute approximate surface area is 129 Å². The van der Waals surface area contributed by atoms with Crippen LogP contribution in [0.3, 0.4) is 0 Å². The molecule has 3 aromatic carbocycles. The maximum atomic E-state index is 11.8. The topological polar surface area (TPSA) is 40.5 Å². The Morgan fingerprint density at radius 1 is 0.727 bits per heavy atom. The van der Waals surface area contributed by atoms with Crippen LogP contribution < -0.4 is 4.90 Å². The van der Waals surface area contributed by atoms with Crippen molar-refractivity contribution in [2.24, 2.45) is 0 Å².